The minimum Gasteiger partial charge on any atom is -0.444 e. The number of rotatable bonds is 3. The summed E-state index contributed by atoms with van der Waals surface area (Å²) in [6.45, 7) is 5.78. The molecule has 0 bridgehead atoms. The lowest BCUT2D eigenvalue weighted by Crippen LogP contribution is -2.51. The second-order valence-corrected chi connectivity index (χ2v) is 6.07. The molecule has 1 aliphatic rings. The second-order valence-electron chi connectivity index (χ2n) is 5.70. The summed E-state index contributed by atoms with van der Waals surface area (Å²) in [5.74, 6) is -0.123. The van der Waals surface area contributed by atoms with E-state index in [0.29, 0.717) is 13.0 Å². The summed E-state index contributed by atoms with van der Waals surface area (Å²) in [5, 5.41) is 11.5. The molecule has 112 valence electrons. The first-order valence-electron chi connectivity index (χ1n) is 6.59. The number of alkyl carbamates (subject to hydrolysis) is 1. The fourth-order valence-corrected chi connectivity index (χ4v) is 2.25. The summed E-state index contributed by atoms with van der Waals surface area (Å²) in [6.07, 6.45) is 0.821. The third-order valence-electron chi connectivity index (χ3n) is 2.86. The highest BCUT2D eigenvalue weighted by Crippen LogP contribution is 2.18. The van der Waals surface area contributed by atoms with Crippen LogP contribution < -0.4 is 5.32 Å². The molecular weight excluding hydrogens is 278 g/mol. The van der Waals surface area contributed by atoms with Gasteiger partial charge in [-0.05, 0) is 33.6 Å². The lowest BCUT2D eigenvalue weighted by atomic mass is 10.2. The average Bonchev–Trinajstić information content (AvgIpc) is 2.81. The first-order chi connectivity index (χ1) is 9.28. The van der Waals surface area contributed by atoms with Crippen molar-refractivity contribution in [3.63, 3.8) is 0 Å². The van der Waals surface area contributed by atoms with E-state index in [9.17, 15) is 9.59 Å². The molecular formula is C13H21N3O3S. The van der Waals surface area contributed by atoms with Gasteiger partial charge in [-0.1, -0.05) is 0 Å². The summed E-state index contributed by atoms with van der Waals surface area (Å²) in [4.78, 5) is 25.5. The molecule has 1 fully saturated rings. The molecule has 0 aromatic rings. The normalized spacial score (nSPS) is 20.1. The Bertz CT molecular complexity index is 414. The van der Waals surface area contributed by atoms with Gasteiger partial charge in [0.25, 0.3) is 0 Å². The molecule has 0 unspecified atom stereocenters. The number of carbonyl (C=O) groups is 2. The molecule has 1 saturated heterocycles. The largest absolute Gasteiger partial charge is 0.444 e. The third kappa shape index (κ3) is 4.60. The number of nitrogens with one attached hydrogen (secondary N) is 1. The van der Waals surface area contributed by atoms with Gasteiger partial charge in [0.05, 0.1) is 6.07 Å². The Balaban J connectivity index is 2.64. The summed E-state index contributed by atoms with van der Waals surface area (Å²) >= 11 is 4.09. The zero-order valence-electron chi connectivity index (χ0n) is 12.0. The average molecular weight is 299 g/mol. The number of thiol groups is 1. The summed E-state index contributed by atoms with van der Waals surface area (Å²) < 4.78 is 5.12. The number of nitriles is 1. The standard InChI is InChI=1S/C13H21N3O3S/c1-13(2,3)19-12(18)15-10(8-20)11(17)16-6-4-5-9(16)7-14/h9-10,20H,4-6,8H2,1-3H3,(H,15,18)/t9-,10-/m0/s1. The molecule has 0 aromatic carbocycles. The monoisotopic (exact) mass is 299 g/mol. The van der Waals surface area contributed by atoms with Gasteiger partial charge in [0.15, 0.2) is 0 Å². The van der Waals surface area contributed by atoms with Crippen LogP contribution >= 0.6 is 12.6 Å². The van der Waals surface area contributed by atoms with E-state index in [1.807, 2.05) is 0 Å². The first kappa shape index (κ1) is 16.6. The third-order valence-corrected chi connectivity index (χ3v) is 3.22. The van der Waals surface area contributed by atoms with Crippen LogP contribution in [0.25, 0.3) is 0 Å². The van der Waals surface area contributed by atoms with Crippen LogP contribution in [0.5, 0.6) is 0 Å². The molecule has 0 aromatic heterocycles. The SMILES string of the molecule is CC(C)(C)OC(=O)N[C@@H](CS)C(=O)N1CCC[C@H]1C#N. The molecule has 20 heavy (non-hydrogen) atoms. The molecule has 1 N–H and O–H groups in total. The van der Waals surface area contributed by atoms with Crippen molar-refractivity contribution in [2.24, 2.45) is 0 Å². The van der Waals surface area contributed by atoms with Gasteiger partial charge in [-0.3, -0.25) is 4.79 Å². The Morgan fingerprint density at radius 2 is 2.20 bits per heavy atom. The number of likely N-dealkylation sites (tertiary alicyclic amines) is 1. The zero-order valence-corrected chi connectivity index (χ0v) is 12.9. The van der Waals surface area contributed by atoms with Gasteiger partial charge in [-0.2, -0.15) is 17.9 Å². The van der Waals surface area contributed by atoms with Crippen LogP contribution in [0.3, 0.4) is 0 Å². The highest BCUT2D eigenvalue weighted by molar-refractivity contribution is 7.80. The molecule has 2 amide bonds. The highest BCUT2D eigenvalue weighted by atomic mass is 32.1. The van der Waals surface area contributed by atoms with Crippen molar-refractivity contribution in [3.05, 3.63) is 0 Å². The van der Waals surface area contributed by atoms with Gasteiger partial charge in [0, 0.05) is 12.3 Å². The van der Waals surface area contributed by atoms with Crippen LogP contribution in [-0.2, 0) is 9.53 Å². The Labute approximate surface area is 124 Å². The first-order valence-corrected chi connectivity index (χ1v) is 7.22. The van der Waals surface area contributed by atoms with E-state index in [1.165, 1.54) is 4.90 Å². The number of hydrogen-bond acceptors (Lipinski definition) is 5. The van der Waals surface area contributed by atoms with Crippen LogP contribution in [-0.4, -0.2) is 46.9 Å². The minimum atomic E-state index is -0.776. The van der Waals surface area contributed by atoms with Crippen LogP contribution in [0.1, 0.15) is 33.6 Å². The lowest BCUT2D eigenvalue weighted by molar-refractivity contribution is -0.132. The molecule has 0 spiro atoms. The molecule has 6 nitrogen and oxygen atoms in total. The van der Waals surface area contributed by atoms with E-state index in [0.717, 1.165) is 6.42 Å². The molecule has 1 rings (SSSR count). The molecule has 1 aliphatic heterocycles. The van der Waals surface area contributed by atoms with Crippen LogP contribution in [0.15, 0.2) is 0 Å². The van der Waals surface area contributed by atoms with E-state index >= 15 is 0 Å². The van der Waals surface area contributed by atoms with E-state index in [4.69, 9.17) is 10.00 Å². The quantitative estimate of drug-likeness (QED) is 0.770. The van der Waals surface area contributed by atoms with E-state index < -0.39 is 23.8 Å². The number of nitrogens with zero attached hydrogens (tertiary/aromatic N) is 2. The number of hydrogen-bond donors (Lipinski definition) is 2. The van der Waals surface area contributed by atoms with Gasteiger partial charge in [0.2, 0.25) is 5.91 Å². The molecule has 0 aliphatic carbocycles. The maximum atomic E-state index is 12.3. The molecule has 0 radical (unpaired) electrons. The van der Waals surface area contributed by atoms with Crippen molar-refractivity contribution in [3.8, 4) is 6.07 Å². The summed E-state index contributed by atoms with van der Waals surface area (Å²) in [5.41, 5.74) is -0.628. The number of amides is 2. The van der Waals surface area contributed by atoms with Gasteiger partial charge in [0.1, 0.15) is 17.7 Å². The van der Waals surface area contributed by atoms with Crippen molar-refractivity contribution in [1.29, 1.82) is 5.26 Å². The second kappa shape index (κ2) is 6.84. The predicted octanol–water partition coefficient (Wildman–Crippen LogP) is 1.32. The van der Waals surface area contributed by atoms with Crippen LogP contribution in [0.4, 0.5) is 4.79 Å². The van der Waals surface area contributed by atoms with Gasteiger partial charge < -0.3 is 15.0 Å². The number of carbonyl (C=O) groups excluding carboxylic acids is 2. The fourth-order valence-electron chi connectivity index (χ4n) is 2.00. The Morgan fingerprint density at radius 1 is 1.55 bits per heavy atom. The van der Waals surface area contributed by atoms with E-state index in [-0.39, 0.29) is 11.7 Å². The van der Waals surface area contributed by atoms with Crippen LogP contribution in [0, 0.1) is 11.3 Å². The maximum Gasteiger partial charge on any atom is 0.408 e. The lowest BCUT2D eigenvalue weighted by Gasteiger charge is -2.26. The van der Waals surface area contributed by atoms with Gasteiger partial charge in [-0.15, -0.1) is 0 Å². The van der Waals surface area contributed by atoms with E-state index in [1.54, 1.807) is 20.8 Å². The zero-order chi connectivity index (χ0) is 15.3. The van der Waals surface area contributed by atoms with Crippen LogP contribution in [0.2, 0.25) is 0 Å². The Kier molecular flexibility index (Phi) is 5.69. The van der Waals surface area contributed by atoms with E-state index in [2.05, 4.69) is 24.0 Å². The Morgan fingerprint density at radius 3 is 2.70 bits per heavy atom. The Hall–Kier alpha value is -1.42. The summed E-state index contributed by atoms with van der Waals surface area (Å²) in [7, 11) is 0. The highest BCUT2D eigenvalue weighted by Gasteiger charge is 2.33. The maximum absolute atomic E-state index is 12.3. The molecule has 7 heteroatoms. The fraction of sp³-hybridized carbons (Fsp3) is 0.769. The van der Waals surface area contributed by atoms with Crippen molar-refractivity contribution in [2.45, 2.75) is 51.3 Å². The summed E-state index contributed by atoms with van der Waals surface area (Å²) in [6, 6.07) is 0.914. The predicted molar refractivity (Wildman–Crippen MR) is 77.4 cm³/mol. The molecule has 0 saturated carbocycles. The van der Waals surface area contributed by atoms with Crippen molar-refractivity contribution in [2.75, 3.05) is 12.3 Å². The topological polar surface area (TPSA) is 82.4 Å². The minimum absolute atomic E-state index is 0.159. The van der Waals surface area contributed by atoms with Crippen molar-refractivity contribution in [1.82, 2.24) is 10.2 Å². The molecule has 1 heterocycles. The number of ether oxygens (including phenoxy) is 1. The molecule has 2 atom stereocenters. The van der Waals surface area contributed by atoms with Gasteiger partial charge in [-0.25, -0.2) is 4.79 Å². The smallest absolute Gasteiger partial charge is 0.408 e. The van der Waals surface area contributed by atoms with Crippen molar-refractivity contribution < 1.29 is 14.3 Å². The van der Waals surface area contributed by atoms with Crippen molar-refractivity contribution >= 4 is 24.6 Å². The van der Waals surface area contributed by atoms with Gasteiger partial charge >= 0.3 is 6.09 Å².